The van der Waals surface area contributed by atoms with Gasteiger partial charge in [0.25, 0.3) is 0 Å². The molecule has 2 amide bonds. The molecule has 1 aliphatic carbocycles. The van der Waals surface area contributed by atoms with Gasteiger partial charge in [-0.25, -0.2) is 0 Å². The molecule has 39 heavy (non-hydrogen) atoms. The number of allylic oxidation sites excluding steroid dienone is 1. The highest BCUT2D eigenvalue weighted by Crippen LogP contribution is 2.51. The number of carbonyl (C=O) groups is 2. The number of nitrogens with zero attached hydrogens (tertiary/aromatic N) is 1. The average Bonchev–Trinajstić information content (AvgIpc) is 3.18. The second-order valence-electron chi connectivity index (χ2n) is 10.7. The lowest BCUT2D eigenvalue weighted by molar-refractivity contribution is -0.122. The zero-order valence-corrected chi connectivity index (χ0v) is 22.6. The van der Waals surface area contributed by atoms with Crippen LogP contribution in [0.1, 0.15) is 44.6 Å². The van der Waals surface area contributed by atoms with Crippen LogP contribution in [0.2, 0.25) is 6.32 Å². The average molecular weight is 529 g/mol. The van der Waals surface area contributed by atoms with Crippen LogP contribution in [0.5, 0.6) is 5.75 Å². The van der Waals surface area contributed by atoms with Crippen molar-refractivity contribution in [3.05, 3.63) is 76.9 Å². The number of phenolic OH excluding ortho intramolecular Hbond substituents is 1. The maximum Gasteiger partial charge on any atom is 0.455 e. The largest absolute Gasteiger partial charge is 0.507 e. The van der Waals surface area contributed by atoms with Crippen molar-refractivity contribution in [2.24, 2.45) is 17.8 Å². The molecular formula is C31H36BNO6. The van der Waals surface area contributed by atoms with Gasteiger partial charge in [-0.15, -0.1) is 0 Å². The van der Waals surface area contributed by atoms with Crippen molar-refractivity contribution < 1.29 is 29.1 Å². The molecule has 2 N–H and O–H groups in total. The standard InChI is InChI=1S/C31H36BNO6/c1-3-9-20(16-21-10-7-8-13-26(21)34)14-15-27-28-22(19-38-2)17-24-29(25(28)18-32(37)39-27)31(36)33(30(24)35)23-11-5-4-6-12-23/h4-8,10-13,16,24-25,27,29,34,37H,3,9,14-15,17-19H2,1-2H3/b20-16+/t24-,25+,27-,29-/m1/s1. The highest BCUT2D eigenvalue weighted by atomic mass is 16.5. The van der Waals surface area contributed by atoms with E-state index in [0.29, 0.717) is 31.6 Å². The van der Waals surface area contributed by atoms with Gasteiger partial charge >= 0.3 is 7.12 Å². The lowest BCUT2D eigenvalue weighted by Crippen LogP contribution is -2.46. The molecule has 0 spiro atoms. The molecule has 3 aliphatic rings. The van der Waals surface area contributed by atoms with Crippen molar-refractivity contribution in [2.45, 2.75) is 51.5 Å². The van der Waals surface area contributed by atoms with Crippen LogP contribution in [-0.4, -0.2) is 48.9 Å². The summed E-state index contributed by atoms with van der Waals surface area (Å²) in [6.45, 7) is 2.48. The van der Waals surface area contributed by atoms with Gasteiger partial charge in [0, 0.05) is 12.7 Å². The number of ether oxygens (including phenoxy) is 1. The fourth-order valence-corrected chi connectivity index (χ4v) is 6.64. The number of carbonyl (C=O) groups excluding carboxylic acids is 2. The zero-order chi connectivity index (χ0) is 27.5. The fraction of sp³-hybridized carbons (Fsp3) is 0.419. The summed E-state index contributed by atoms with van der Waals surface area (Å²) < 4.78 is 11.7. The topological polar surface area (TPSA) is 96.3 Å². The van der Waals surface area contributed by atoms with Gasteiger partial charge < -0.3 is 19.5 Å². The van der Waals surface area contributed by atoms with Crippen LogP contribution in [0.25, 0.3) is 6.08 Å². The van der Waals surface area contributed by atoms with Gasteiger partial charge in [-0.3, -0.25) is 14.5 Å². The van der Waals surface area contributed by atoms with Gasteiger partial charge in [-0.2, -0.15) is 0 Å². The minimum Gasteiger partial charge on any atom is -0.507 e. The van der Waals surface area contributed by atoms with Crippen LogP contribution in [-0.2, 0) is 19.0 Å². The predicted molar refractivity (Wildman–Crippen MR) is 151 cm³/mol. The molecule has 0 saturated carbocycles. The number of anilines is 1. The molecule has 2 saturated heterocycles. The van der Waals surface area contributed by atoms with Crippen molar-refractivity contribution in [3.8, 4) is 5.75 Å². The van der Waals surface area contributed by atoms with Gasteiger partial charge in [-0.1, -0.05) is 61.4 Å². The third-order valence-corrected chi connectivity index (χ3v) is 8.24. The van der Waals surface area contributed by atoms with E-state index in [2.05, 4.69) is 6.92 Å². The minimum atomic E-state index is -1.02. The van der Waals surface area contributed by atoms with E-state index in [1.54, 1.807) is 31.4 Å². The molecule has 0 radical (unpaired) electrons. The number of phenols is 1. The Bertz CT molecular complexity index is 1270. The molecule has 2 aromatic rings. The van der Waals surface area contributed by atoms with Gasteiger partial charge in [0.1, 0.15) is 5.75 Å². The highest BCUT2D eigenvalue weighted by molar-refractivity contribution is 6.43. The molecule has 204 valence electrons. The number of hydrogen-bond donors (Lipinski definition) is 2. The van der Waals surface area contributed by atoms with Crippen molar-refractivity contribution in [2.75, 3.05) is 18.6 Å². The quantitative estimate of drug-likeness (QED) is 0.270. The Kier molecular flexibility index (Phi) is 8.36. The number of amides is 2. The van der Waals surface area contributed by atoms with Gasteiger partial charge in [0.05, 0.1) is 30.2 Å². The molecule has 8 heteroatoms. The van der Waals surface area contributed by atoms with Crippen LogP contribution in [0.3, 0.4) is 0 Å². The van der Waals surface area contributed by atoms with E-state index in [-0.39, 0.29) is 35.9 Å². The Morgan fingerprint density at radius 1 is 1.08 bits per heavy atom. The molecule has 4 atom stereocenters. The summed E-state index contributed by atoms with van der Waals surface area (Å²) in [5, 5.41) is 21.1. The minimum absolute atomic E-state index is 0.183. The molecule has 0 unspecified atom stereocenters. The molecule has 7 nitrogen and oxygen atoms in total. The van der Waals surface area contributed by atoms with Crippen molar-refractivity contribution in [3.63, 3.8) is 0 Å². The first-order chi connectivity index (χ1) is 18.9. The Morgan fingerprint density at radius 3 is 2.54 bits per heavy atom. The number of methoxy groups -OCH3 is 1. The van der Waals surface area contributed by atoms with E-state index in [0.717, 1.165) is 29.6 Å². The Morgan fingerprint density at radius 2 is 1.82 bits per heavy atom. The number of aromatic hydroxyl groups is 1. The maximum absolute atomic E-state index is 13.8. The Hall–Kier alpha value is -3.20. The molecule has 0 aromatic heterocycles. The van der Waals surface area contributed by atoms with Crippen molar-refractivity contribution in [1.29, 1.82) is 0 Å². The van der Waals surface area contributed by atoms with Crippen LogP contribution in [0.15, 0.2) is 71.3 Å². The number of benzene rings is 2. The SMILES string of the molecule is CCC/C(=C\c1ccccc1O)CC[C@H]1OB(O)C[C@H]2C1=C(COC)C[C@H]1C(=O)N(c3ccccc3)C(=O)[C@H]12. The normalized spacial score (nSPS) is 25.3. The van der Waals surface area contributed by atoms with Crippen LogP contribution in [0.4, 0.5) is 5.69 Å². The highest BCUT2D eigenvalue weighted by Gasteiger charge is 2.57. The first-order valence-electron chi connectivity index (χ1n) is 13.9. The van der Waals surface area contributed by atoms with Crippen LogP contribution >= 0.6 is 0 Å². The molecule has 2 fully saturated rings. The van der Waals surface area contributed by atoms with Crippen molar-refractivity contribution >= 4 is 30.7 Å². The molecule has 2 aliphatic heterocycles. The smallest absolute Gasteiger partial charge is 0.455 e. The number of hydrogen-bond acceptors (Lipinski definition) is 6. The van der Waals surface area contributed by atoms with E-state index in [9.17, 15) is 19.7 Å². The molecular weight excluding hydrogens is 493 g/mol. The monoisotopic (exact) mass is 529 g/mol. The summed E-state index contributed by atoms with van der Waals surface area (Å²) in [4.78, 5) is 28.6. The first-order valence-corrected chi connectivity index (χ1v) is 13.9. The number of imide groups is 1. The predicted octanol–water partition coefficient (Wildman–Crippen LogP) is 5.00. The van der Waals surface area contributed by atoms with E-state index in [1.807, 2.05) is 36.4 Å². The molecule has 0 bridgehead atoms. The Balaban J connectivity index is 1.45. The van der Waals surface area contributed by atoms with E-state index in [4.69, 9.17) is 9.39 Å². The molecule has 5 rings (SSSR count). The van der Waals surface area contributed by atoms with Gasteiger partial charge in [-0.05, 0) is 67.3 Å². The van der Waals surface area contributed by atoms with Gasteiger partial charge in [0.15, 0.2) is 0 Å². The zero-order valence-electron chi connectivity index (χ0n) is 22.6. The Labute approximate surface area is 230 Å². The maximum atomic E-state index is 13.8. The lowest BCUT2D eigenvalue weighted by atomic mass is 9.58. The summed E-state index contributed by atoms with van der Waals surface area (Å²) in [7, 11) is 0.617. The second-order valence-corrected chi connectivity index (χ2v) is 10.7. The summed E-state index contributed by atoms with van der Waals surface area (Å²) in [5.41, 5.74) is 4.55. The number of rotatable bonds is 9. The number of fused-ring (bicyclic) bond motifs is 3. The first kappa shape index (κ1) is 27.4. The van der Waals surface area contributed by atoms with Gasteiger partial charge in [0.2, 0.25) is 11.8 Å². The summed E-state index contributed by atoms with van der Waals surface area (Å²) in [6, 6.07) is 16.3. The molecule has 2 aromatic carbocycles. The van der Waals surface area contributed by atoms with Crippen molar-refractivity contribution in [1.82, 2.24) is 0 Å². The van der Waals surface area contributed by atoms with E-state index < -0.39 is 19.0 Å². The summed E-state index contributed by atoms with van der Waals surface area (Å²) in [6.07, 6.45) is 5.55. The summed E-state index contributed by atoms with van der Waals surface area (Å²) >= 11 is 0. The third-order valence-electron chi connectivity index (χ3n) is 8.24. The fourth-order valence-electron chi connectivity index (χ4n) is 6.64. The van der Waals surface area contributed by atoms with Crippen LogP contribution < -0.4 is 4.90 Å². The van der Waals surface area contributed by atoms with E-state index >= 15 is 0 Å². The second kappa shape index (κ2) is 11.9. The van der Waals surface area contributed by atoms with Crippen LogP contribution in [0, 0.1) is 17.8 Å². The van der Waals surface area contributed by atoms with E-state index in [1.165, 1.54) is 10.5 Å². The summed E-state index contributed by atoms with van der Waals surface area (Å²) in [5.74, 6) is -1.43. The number of para-hydroxylation sites is 2. The lowest BCUT2D eigenvalue weighted by Gasteiger charge is -2.43. The third kappa shape index (κ3) is 5.46. The molecule has 2 heterocycles.